The molecule has 0 unspecified atom stereocenters. The van der Waals surface area contributed by atoms with Crippen LogP contribution in [0.15, 0.2) is 65.5 Å². The van der Waals surface area contributed by atoms with Crippen molar-refractivity contribution in [1.29, 1.82) is 0 Å². The molecule has 2 fully saturated rings. The molecule has 2 aliphatic heterocycles. The number of carbonyl (C=O) groups excluding carboxylic acids is 1. The van der Waals surface area contributed by atoms with Gasteiger partial charge in [0.15, 0.2) is 6.20 Å². The standard InChI is InChI=1S/C30H36BrN5O2/c1-22-10-18-35(38)23(2)28(22)29(37)33-19-13-30(3,14-20-33)34-16-11-26(12-17-34)36(27-5-4-15-32-21-27)25-8-6-24(31)7-9-25/h4-10,15,18,21,26H,11-14,16-17,19-20H2,1-3H3. The maximum atomic E-state index is 13.3. The van der Waals surface area contributed by atoms with Crippen LogP contribution in [-0.4, -0.2) is 58.5 Å². The maximum Gasteiger partial charge on any atom is 0.260 e. The van der Waals surface area contributed by atoms with Crippen LogP contribution in [0.4, 0.5) is 11.4 Å². The fourth-order valence-corrected chi connectivity index (χ4v) is 6.36. The minimum Gasteiger partial charge on any atom is -0.618 e. The molecule has 2 saturated heterocycles. The molecule has 0 saturated carbocycles. The minimum atomic E-state index is -0.0208. The Labute approximate surface area is 233 Å². The topological polar surface area (TPSA) is 66.6 Å². The number of likely N-dealkylation sites (tertiary alicyclic amines) is 2. The second-order valence-electron chi connectivity index (χ2n) is 10.8. The minimum absolute atomic E-state index is 0.0208. The Morgan fingerprint density at radius 1 is 1.05 bits per heavy atom. The van der Waals surface area contributed by atoms with Crippen molar-refractivity contribution in [2.45, 2.75) is 58.0 Å². The lowest BCUT2D eigenvalue weighted by Crippen LogP contribution is -2.58. The Hall–Kier alpha value is -2.97. The fourth-order valence-electron chi connectivity index (χ4n) is 6.09. The fraction of sp³-hybridized carbons (Fsp3) is 0.433. The highest BCUT2D eigenvalue weighted by Crippen LogP contribution is 2.36. The summed E-state index contributed by atoms with van der Waals surface area (Å²) in [5.74, 6) is -0.0208. The van der Waals surface area contributed by atoms with E-state index < -0.39 is 0 Å². The predicted molar refractivity (Wildman–Crippen MR) is 154 cm³/mol. The Balaban J connectivity index is 1.25. The van der Waals surface area contributed by atoms with Crippen molar-refractivity contribution < 1.29 is 9.52 Å². The zero-order valence-corrected chi connectivity index (χ0v) is 24.0. The van der Waals surface area contributed by atoms with Crippen LogP contribution in [0.1, 0.15) is 54.2 Å². The average molecular weight is 579 g/mol. The van der Waals surface area contributed by atoms with Gasteiger partial charge in [-0.25, -0.2) is 0 Å². The van der Waals surface area contributed by atoms with E-state index in [9.17, 15) is 10.0 Å². The summed E-state index contributed by atoms with van der Waals surface area (Å²) in [6, 6.07) is 14.8. The van der Waals surface area contributed by atoms with Crippen molar-refractivity contribution in [2.24, 2.45) is 0 Å². The van der Waals surface area contributed by atoms with Gasteiger partial charge in [-0.05, 0) is 81.5 Å². The Kier molecular flexibility index (Phi) is 7.73. The first-order valence-electron chi connectivity index (χ1n) is 13.5. The molecular weight excluding hydrogens is 542 g/mol. The number of rotatable bonds is 5. The van der Waals surface area contributed by atoms with Crippen LogP contribution in [-0.2, 0) is 0 Å². The third-order valence-electron chi connectivity index (χ3n) is 8.51. The van der Waals surface area contributed by atoms with E-state index in [1.165, 1.54) is 11.9 Å². The first-order chi connectivity index (χ1) is 18.3. The first-order valence-corrected chi connectivity index (χ1v) is 14.2. The van der Waals surface area contributed by atoms with E-state index in [2.05, 4.69) is 68.0 Å². The molecule has 38 heavy (non-hydrogen) atoms. The zero-order chi connectivity index (χ0) is 26.9. The second-order valence-corrected chi connectivity index (χ2v) is 11.8. The van der Waals surface area contributed by atoms with Crippen LogP contribution < -0.4 is 9.63 Å². The molecule has 0 aliphatic carbocycles. The molecule has 2 aliphatic rings. The molecule has 5 rings (SSSR count). The van der Waals surface area contributed by atoms with Gasteiger partial charge < -0.3 is 15.0 Å². The number of pyridine rings is 2. The first kappa shape index (κ1) is 26.6. The number of anilines is 2. The number of benzene rings is 1. The lowest BCUT2D eigenvalue weighted by molar-refractivity contribution is -0.612. The Bertz CT molecular complexity index is 1270. The molecule has 7 nitrogen and oxygen atoms in total. The van der Waals surface area contributed by atoms with Crippen molar-refractivity contribution >= 4 is 33.2 Å². The van der Waals surface area contributed by atoms with Gasteiger partial charge in [-0.2, -0.15) is 4.73 Å². The third kappa shape index (κ3) is 5.29. The molecule has 200 valence electrons. The molecule has 1 aromatic carbocycles. The van der Waals surface area contributed by atoms with Crippen LogP contribution in [0, 0.1) is 19.1 Å². The highest BCUT2D eigenvalue weighted by molar-refractivity contribution is 9.10. The van der Waals surface area contributed by atoms with Gasteiger partial charge in [0.05, 0.1) is 11.9 Å². The third-order valence-corrected chi connectivity index (χ3v) is 9.04. The van der Waals surface area contributed by atoms with Gasteiger partial charge in [-0.1, -0.05) is 15.9 Å². The van der Waals surface area contributed by atoms with Crippen molar-refractivity contribution in [3.63, 3.8) is 0 Å². The number of carbonyl (C=O) groups is 1. The molecule has 0 N–H and O–H groups in total. The molecule has 1 amide bonds. The second kappa shape index (κ2) is 11.0. The Morgan fingerprint density at radius 2 is 1.74 bits per heavy atom. The lowest BCUT2D eigenvalue weighted by atomic mass is 9.85. The predicted octanol–water partition coefficient (Wildman–Crippen LogP) is 5.39. The van der Waals surface area contributed by atoms with E-state index in [0.717, 1.165) is 59.2 Å². The van der Waals surface area contributed by atoms with Gasteiger partial charge in [0.2, 0.25) is 5.69 Å². The largest absolute Gasteiger partial charge is 0.618 e. The van der Waals surface area contributed by atoms with Gasteiger partial charge in [0, 0.05) is 67.1 Å². The van der Waals surface area contributed by atoms with Crippen LogP contribution >= 0.6 is 15.9 Å². The van der Waals surface area contributed by atoms with E-state index >= 15 is 0 Å². The SMILES string of the molecule is Cc1cc[n+]([O-])c(C)c1C(=O)N1CCC(C)(N2CCC(N(c3ccc(Br)cc3)c3cccnc3)CC2)CC1. The number of piperidine rings is 2. The highest BCUT2D eigenvalue weighted by atomic mass is 79.9. The summed E-state index contributed by atoms with van der Waals surface area (Å²) in [7, 11) is 0. The van der Waals surface area contributed by atoms with Gasteiger partial charge in [0.25, 0.3) is 5.91 Å². The quantitative estimate of drug-likeness (QED) is 0.300. The van der Waals surface area contributed by atoms with E-state index in [1.54, 1.807) is 13.0 Å². The maximum absolute atomic E-state index is 13.3. The molecule has 3 aromatic rings. The molecule has 0 atom stereocenters. The number of nitrogens with zero attached hydrogens (tertiary/aromatic N) is 5. The summed E-state index contributed by atoms with van der Waals surface area (Å²) in [6.45, 7) is 9.46. The molecule has 0 bridgehead atoms. The monoisotopic (exact) mass is 577 g/mol. The van der Waals surface area contributed by atoms with E-state index in [4.69, 9.17) is 0 Å². The normalized spacial score (nSPS) is 18.4. The average Bonchev–Trinajstić information content (AvgIpc) is 2.93. The molecule has 0 radical (unpaired) electrons. The number of halogens is 1. The molecule has 4 heterocycles. The van der Waals surface area contributed by atoms with Crippen LogP contribution in [0.5, 0.6) is 0 Å². The number of aromatic nitrogens is 2. The van der Waals surface area contributed by atoms with Crippen LogP contribution in [0.3, 0.4) is 0 Å². The van der Waals surface area contributed by atoms with E-state index in [1.807, 2.05) is 30.3 Å². The zero-order valence-electron chi connectivity index (χ0n) is 22.4. The lowest BCUT2D eigenvalue weighted by Gasteiger charge is -2.50. The van der Waals surface area contributed by atoms with Crippen LogP contribution in [0.2, 0.25) is 0 Å². The number of hydrogen-bond donors (Lipinski definition) is 0. The van der Waals surface area contributed by atoms with Crippen molar-refractivity contribution in [1.82, 2.24) is 14.8 Å². The molecule has 0 spiro atoms. The van der Waals surface area contributed by atoms with E-state index in [-0.39, 0.29) is 11.4 Å². The van der Waals surface area contributed by atoms with Crippen molar-refractivity contribution in [3.8, 4) is 0 Å². The van der Waals surface area contributed by atoms with Crippen LogP contribution in [0.25, 0.3) is 0 Å². The summed E-state index contributed by atoms with van der Waals surface area (Å²) >= 11 is 3.56. The van der Waals surface area contributed by atoms with Crippen molar-refractivity contribution in [2.75, 3.05) is 31.1 Å². The smallest absolute Gasteiger partial charge is 0.260 e. The summed E-state index contributed by atoms with van der Waals surface area (Å²) in [5, 5.41) is 12.1. The summed E-state index contributed by atoms with van der Waals surface area (Å²) in [5.41, 5.74) is 4.27. The summed E-state index contributed by atoms with van der Waals surface area (Å²) in [4.78, 5) is 24.7. The summed E-state index contributed by atoms with van der Waals surface area (Å²) < 4.78 is 1.87. The number of aryl methyl sites for hydroxylation is 1. The molecule has 8 heteroatoms. The summed E-state index contributed by atoms with van der Waals surface area (Å²) in [6.07, 6.45) is 9.25. The van der Waals surface area contributed by atoms with E-state index in [0.29, 0.717) is 30.4 Å². The van der Waals surface area contributed by atoms with Gasteiger partial charge in [-0.3, -0.25) is 14.7 Å². The van der Waals surface area contributed by atoms with Crippen molar-refractivity contribution in [3.05, 3.63) is 87.6 Å². The Morgan fingerprint density at radius 3 is 2.37 bits per heavy atom. The van der Waals surface area contributed by atoms with Gasteiger partial charge >= 0.3 is 0 Å². The van der Waals surface area contributed by atoms with Gasteiger partial charge in [-0.15, -0.1) is 0 Å². The highest BCUT2D eigenvalue weighted by Gasteiger charge is 2.40. The van der Waals surface area contributed by atoms with Gasteiger partial charge in [0.1, 0.15) is 5.56 Å². The number of hydrogen-bond acceptors (Lipinski definition) is 5. The number of amides is 1. The molecule has 2 aromatic heterocycles. The molecular formula is C30H36BrN5O2.